The topological polar surface area (TPSA) is 52.6 Å². The van der Waals surface area contributed by atoms with Crippen LogP contribution in [-0.4, -0.2) is 11.9 Å². The van der Waals surface area contributed by atoms with Gasteiger partial charge in [0.15, 0.2) is 0 Å². The van der Waals surface area contributed by atoms with Gasteiger partial charge >= 0.3 is 11.9 Å². The predicted octanol–water partition coefficient (Wildman–Crippen LogP) is 7.04. The van der Waals surface area contributed by atoms with Crippen LogP contribution in [0.4, 0.5) is 0 Å². The van der Waals surface area contributed by atoms with Crippen LogP contribution in [0, 0.1) is 11.8 Å². The average Bonchev–Trinajstić information content (AvgIpc) is 2.62. The van der Waals surface area contributed by atoms with Crippen LogP contribution in [0.3, 0.4) is 0 Å². The summed E-state index contributed by atoms with van der Waals surface area (Å²) in [6.07, 6.45) is 9.02. The van der Waals surface area contributed by atoms with Gasteiger partial charge < -0.3 is 9.47 Å². The number of rotatable bonds is 12. The number of benzene rings is 1. The van der Waals surface area contributed by atoms with Crippen LogP contribution in [0.15, 0.2) is 47.6 Å². The van der Waals surface area contributed by atoms with Crippen LogP contribution in [0.1, 0.15) is 80.1 Å². The van der Waals surface area contributed by atoms with E-state index < -0.39 is 0 Å². The largest absolute Gasteiger partial charge is 0.427 e. The number of allylic oxidation sites excluding steroid dienone is 4. The van der Waals surface area contributed by atoms with Crippen molar-refractivity contribution in [1.82, 2.24) is 0 Å². The first kappa shape index (κ1) is 25.7. The van der Waals surface area contributed by atoms with E-state index in [2.05, 4.69) is 53.7 Å². The zero-order valence-electron chi connectivity index (χ0n) is 19.5. The number of ether oxygens (including phenoxy) is 2. The summed E-state index contributed by atoms with van der Waals surface area (Å²) < 4.78 is 10.8. The molecule has 0 aliphatic carbocycles. The lowest BCUT2D eigenvalue weighted by Crippen LogP contribution is -2.13. The van der Waals surface area contributed by atoms with Gasteiger partial charge in [0, 0.05) is 12.8 Å². The standard InChI is InChI=1S/C26H38O4/c1-19(2)9-7-11-21(5)17-25(27)29-23-13-15-24(16-14-23)30-26(28)18-22(6)12-8-10-20(3)4/h9-10,13-16,21-22H,7-8,11-12,17-18H2,1-6H3. The molecule has 4 heteroatoms. The summed E-state index contributed by atoms with van der Waals surface area (Å²) in [6, 6.07) is 6.64. The fourth-order valence-electron chi connectivity index (χ4n) is 3.01. The molecular formula is C26H38O4. The maximum absolute atomic E-state index is 12.1. The number of hydrogen-bond acceptors (Lipinski definition) is 4. The summed E-state index contributed by atoms with van der Waals surface area (Å²) in [4.78, 5) is 24.2. The summed E-state index contributed by atoms with van der Waals surface area (Å²) >= 11 is 0. The Balaban J connectivity index is 2.40. The van der Waals surface area contributed by atoms with Crippen molar-refractivity contribution in [3.8, 4) is 11.5 Å². The summed E-state index contributed by atoms with van der Waals surface area (Å²) in [6.45, 7) is 12.4. The third kappa shape index (κ3) is 12.3. The molecule has 0 bridgehead atoms. The van der Waals surface area contributed by atoms with Gasteiger partial charge in [0.2, 0.25) is 0 Å². The summed E-state index contributed by atoms with van der Waals surface area (Å²) in [5, 5.41) is 0. The predicted molar refractivity (Wildman–Crippen MR) is 123 cm³/mol. The van der Waals surface area contributed by atoms with Gasteiger partial charge in [-0.2, -0.15) is 0 Å². The van der Waals surface area contributed by atoms with E-state index in [1.807, 2.05) is 0 Å². The number of carbonyl (C=O) groups is 2. The van der Waals surface area contributed by atoms with Crippen LogP contribution >= 0.6 is 0 Å². The third-order valence-corrected chi connectivity index (χ3v) is 4.74. The second kappa shape index (κ2) is 13.8. The molecule has 0 heterocycles. The highest BCUT2D eigenvalue weighted by Crippen LogP contribution is 2.21. The van der Waals surface area contributed by atoms with E-state index in [4.69, 9.17) is 9.47 Å². The van der Waals surface area contributed by atoms with E-state index >= 15 is 0 Å². The fourth-order valence-corrected chi connectivity index (χ4v) is 3.01. The second-order valence-electron chi connectivity index (χ2n) is 8.76. The van der Waals surface area contributed by atoms with E-state index in [-0.39, 0.29) is 23.8 Å². The first-order chi connectivity index (χ1) is 14.2. The van der Waals surface area contributed by atoms with E-state index in [9.17, 15) is 9.59 Å². The summed E-state index contributed by atoms with van der Waals surface area (Å²) in [5.74, 6) is 0.987. The molecule has 0 aliphatic heterocycles. The Morgan fingerprint density at radius 1 is 0.733 bits per heavy atom. The Bertz CT molecular complexity index is 657. The average molecular weight is 415 g/mol. The molecule has 0 fully saturated rings. The van der Waals surface area contributed by atoms with Crippen molar-refractivity contribution in [2.45, 2.75) is 80.1 Å². The van der Waals surface area contributed by atoms with Crippen LogP contribution in [0.5, 0.6) is 11.5 Å². The number of esters is 2. The van der Waals surface area contributed by atoms with Gasteiger partial charge in [0.05, 0.1) is 0 Å². The van der Waals surface area contributed by atoms with Crippen molar-refractivity contribution in [3.05, 3.63) is 47.6 Å². The highest BCUT2D eigenvalue weighted by Gasteiger charge is 2.13. The maximum atomic E-state index is 12.1. The Hall–Kier alpha value is -2.36. The molecule has 0 spiro atoms. The van der Waals surface area contributed by atoms with Crippen molar-refractivity contribution in [2.75, 3.05) is 0 Å². The normalized spacial score (nSPS) is 12.5. The van der Waals surface area contributed by atoms with Gasteiger partial charge in [-0.1, -0.05) is 37.1 Å². The minimum absolute atomic E-state index is 0.241. The molecule has 0 saturated heterocycles. The molecule has 0 aliphatic rings. The lowest BCUT2D eigenvalue weighted by atomic mass is 10.0. The zero-order chi connectivity index (χ0) is 22.5. The monoisotopic (exact) mass is 414 g/mol. The van der Waals surface area contributed by atoms with Crippen molar-refractivity contribution in [2.24, 2.45) is 11.8 Å². The smallest absolute Gasteiger partial charge is 0.311 e. The molecule has 166 valence electrons. The quantitative estimate of drug-likeness (QED) is 0.209. The lowest BCUT2D eigenvalue weighted by Gasteiger charge is -2.11. The molecule has 4 nitrogen and oxygen atoms in total. The van der Waals surface area contributed by atoms with Gasteiger partial charge in [-0.05, 0) is 89.5 Å². The van der Waals surface area contributed by atoms with E-state index in [1.54, 1.807) is 24.3 Å². The van der Waals surface area contributed by atoms with E-state index in [0.717, 1.165) is 25.7 Å². The highest BCUT2D eigenvalue weighted by atomic mass is 16.5. The molecule has 2 atom stereocenters. The third-order valence-electron chi connectivity index (χ3n) is 4.74. The summed E-state index contributed by atoms with van der Waals surface area (Å²) in [5.41, 5.74) is 2.59. The molecule has 2 unspecified atom stereocenters. The Kier molecular flexibility index (Phi) is 11.8. The van der Waals surface area contributed by atoms with Gasteiger partial charge in [0.25, 0.3) is 0 Å². The second-order valence-corrected chi connectivity index (χ2v) is 8.76. The number of hydrogen-bond donors (Lipinski definition) is 0. The van der Waals surface area contributed by atoms with E-state index in [0.29, 0.717) is 24.3 Å². The van der Waals surface area contributed by atoms with Crippen LogP contribution in [0.2, 0.25) is 0 Å². The van der Waals surface area contributed by atoms with Crippen molar-refractivity contribution >= 4 is 11.9 Å². The van der Waals surface area contributed by atoms with Crippen molar-refractivity contribution < 1.29 is 19.1 Å². The minimum Gasteiger partial charge on any atom is -0.427 e. The molecule has 1 aromatic carbocycles. The molecule has 1 rings (SSSR count). The summed E-state index contributed by atoms with van der Waals surface area (Å²) in [7, 11) is 0. The minimum atomic E-state index is -0.241. The first-order valence-corrected chi connectivity index (χ1v) is 10.9. The Morgan fingerprint density at radius 2 is 1.07 bits per heavy atom. The molecule has 0 radical (unpaired) electrons. The molecule has 0 aromatic heterocycles. The fraction of sp³-hybridized carbons (Fsp3) is 0.538. The van der Waals surface area contributed by atoms with Gasteiger partial charge in [-0.25, -0.2) is 0 Å². The number of carbonyl (C=O) groups excluding carboxylic acids is 2. The Morgan fingerprint density at radius 3 is 1.37 bits per heavy atom. The van der Waals surface area contributed by atoms with Gasteiger partial charge in [-0.15, -0.1) is 0 Å². The lowest BCUT2D eigenvalue weighted by molar-refractivity contribution is -0.136. The van der Waals surface area contributed by atoms with Crippen LogP contribution < -0.4 is 9.47 Å². The Labute approximate surface area is 182 Å². The first-order valence-electron chi connectivity index (χ1n) is 10.9. The van der Waals surface area contributed by atoms with Crippen molar-refractivity contribution in [3.63, 3.8) is 0 Å². The highest BCUT2D eigenvalue weighted by molar-refractivity contribution is 5.73. The van der Waals surface area contributed by atoms with Crippen molar-refractivity contribution in [1.29, 1.82) is 0 Å². The maximum Gasteiger partial charge on any atom is 0.311 e. The van der Waals surface area contributed by atoms with Gasteiger partial charge in [-0.3, -0.25) is 9.59 Å². The zero-order valence-corrected chi connectivity index (χ0v) is 19.5. The van der Waals surface area contributed by atoms with Crippen LogP contribution in [0.25, 0.3) is 0 Å². The van der Waals surface area contributed by atoms with Crippen LogP contribution in [-0.2, 0) is 9.59 Å². The van der Waals surface area contributed by atoms with E-state index in [1.165, 1.54) is 11.1 Å². The molecule has 0 saturated carbocycles. The van der Waals surface area contributed by atoms with Gasteiger partial charge in [0.1, 0.15) is 11.5 Å². The molecule has 30 heavy (non-hydrogen) atoms. The SMILES string of the molecule is CC(C)=CCCC(C)CC(=O)Oc1ccc(OC(=O)CC(C)CCC=C(C)C)cc1. The molecule has 1 aromatic rings. The molecule has 0 amide bonds. The molecule has 0 N–H and O–H groups in total. The molecular weight excluding hydrogens is 376 g/mol.